The topological polar surface area (TPSA) is 92.3 Å². The van der Waals surface area contributed by atoms with Gasteiger partial charge in [-0.1, -0.05) is 0 Å². The van der Waals surface area contributed by atoms with Crippen molar-refractivity contribution < 1.29 is 9.66 Å². The molecule has 0 saturated carbocycles. The van der Waals surface area contributed by atoms with Crippen molar-refractivity contribution >= 4 is 11.5 Å². The molecule has 0 radical (unpaired) electrons. The molecule has 0 atom stereocenters. The van der Waals surface area contributed by atoms with E-state index in [1.807, 2.05) is 6.07 Å². The summed E-state index contributed by atoms with van der Waals surface area (Å²) < 4.78 is 4.92. The number of nitriles is 1. The predicted molar refractivity (Wildman–Crippen MR) is 60.9 cm³/mol. The molecule has 0 N–H and O–H groups in total. The van der Waals surface area contributed by atoms with Crippen molar-refractivity contribution in [3.63, 3.8) is 0 Å². The van der Waals surface area contributed by atoms with Crippen LogP contribution in [0.3, 0.4) is 0 Å². The van der Waals surface area contributed by atoms with Crippen molar-refractivity contribution in [1.82, 2.24) is 4.98 Å². The van der Waals surface area contributed by atoms with E-state index in [0.29, 0.717) is 12.4 Å². The van der Waals surface area contributed by atoms with E-state index in [1.54, 1.807) is 11.9 Å². The van der Waals surface area contributed by atoms with Crippen LogP contribution in [0.2, 0.25) is 0 Å². The maximum Gasteiger partial charge on any atom is 0.311 e. The van der Waals surface area contributed by atoms with Gasteiger partial charge in [-0.05, 0) is 0 Å². The number of hydrogen-bond donors (Lipinski definition) is 0. The first-order chi connectivity index (χ1) is 8.10. The molecular weight excluding hydrogens is 224 g/mol. The predicted octanol–water partition coefficient (Wildman–Crippen LogP) is 1.35. The molecule has 0 aliphatic carbocycles. The number of pyridine rings is 1. The summed E-state index contributed by atoms with van der Waals surface area (Å²) in [7, 11) is 3.08. The van der Waals surface area contributed by atoms with Crippen LogP contribution in [0.15, 0.2) is 12.1 Å². The molecule has 17 heavy (non-hydrogen) atoms. The van der Waals surface area contributed by atoms with E-state index in [2.05, 4.69) is 4.98 Å². The Morgan fingerprint density at radius 3 is 2.88 bits per heavy atom. The molecule has 0 saturated heterocycles. The van der Waals surface area contributed by atoms with Crippen molar-refractivity contribution in [2.75, 3.05) is 25.6 Å². The van der Waals surface area contributed by atoms with Gasteiger partial charge >= 0.3 is 5.69 Å². The van der Waals surface area contributed by atoms with Gasteiger partial charge in [0.15, 0.2) is 0 Å². The largest absolute Gasteiger partial charge is 0.481 e. The van der Waals surface area contributed by atoms with Gasteiger partial charge in [0.2, 0.25) is 11.7 Å². The van der Waals surface area contributed by atoms with E-state index in [1.165, 1.54) is 19.2 Å². The van der Waals surface area contributed by atoms with Crippen LogP contribution in [-0.4, -0.2) is 30.6 Å². The van der Waals surface area contributed by atoms with Gasteiger partial charge in [0, 0.05) is 25.7 Å². The number of nitrogens with zero attached hydrogens (tertiary/aromatic N) is 4. The molecule has 1 aromatic rings. The zero-order valence-corrected chi connectivity index (χ0v) is 9.58. The second-order valence-electron chi connectivity index (χ2n) is 3.28. The van der Waals surface area contributed by atoms with Crippen LogP contribution >= 0.6 is 0 Å². The first-order valence-corrected chi connectivity index (χ1v) is 4.87. The van der Waals surface area contributed by atoms with Gasteiger partial charge in [-0.2, -0.15) is 10.2 Å². The molecule has 0 amide bonds. The summed E-state index contributed by atoms with van der Waals surface area (Å²) in [4.78, 5) is 15.9. The number of rotatable bonds is 5. The van der Waals surface area contributed by atoms with Crippen LogP contribution in [0.25, 0.3) is 0 Å². The van der Waals surface area contributed by atoms with E-state index in [9.17, 15) is 10.1 Å². The fraction of sp³-hybridized carbons (Fsp3) is 0.400. The highest BCUT2D eigenvalue weighted by atomic mass is 16.6. The zero-order chi connectivity index (χ0) is 12.8. The third-order valence-corrected chi connectivity index (χ3v) is 2.16. The Balaban J connectivity index is 3.08. The molecule has 0 spiro atoms. The molecule has 1 aromatic heterocycles. The van der Waals surface area contributed by atoms with Crippen LogP contribution in [0.5, 0.6) is 5.88 Å². The van der Waals surface area contributed by atoms with Gasteiger partial charge in [0.05, 0.1) is 24.5 Å². The number of hydrogen-bond acceptors (Lipinski definition) is 6. The van der Waals surface area contributed by atoms with Gasteiger partial charge in [0.1, 0.15) is 0 Å². The minimum atomic E-state index is -0.509. The van der Waals surface area contributed by atoms with Crippen molar-refractivity contribution in [2.24, 2.45) is 0 Å². The van der Waals surface area contributed by atoms with Crippen molar-refractivity contribution in [3.8, 4) is 11.9 Å². The van der Waals surface area contributed by atoms with E-state index in [0.717, 1.165) is 0 Å². The van der Waals surface area contributed by atoms with Crippen LogP contribution in [0, 0.1) is 21.4 Å². The normalized spacial score (nSPS) is 9.47. The number of anilines is 1. The SMILES string of the molecule is COc1ccc([N+](=O)[O-])c(N(C)CCC#N)n1. The molecular formula is C10H12N4O3. The maximum absolute atomic E-state index is 10.8. The van der Waals surface area contributed by atoms with Crippen molar-refractivity contribution in [1.29, 1.82) is 5.26 Å². The van der Waals surface area contributed by atoms with Gasteiger partial charge in [-0.15, -0.1) is 0 Å². The Kier molecular flexibility index (Phi) is 4.22. The monoisotopic (exact) mass is 236 g/mol. The van der Waals surface area contributed by atoms with Gasteiger partial charge in [0.25, 0.3) is 0 Å². The standard InChI is InChI=1S/C10H12N4O3/c1-13(7-3-6-11)10-8(14(15)16)4-5-9(12-10)17-2/h4-5H,3,7H2,1-2H3. The van der Waals surface area contributed by atoms with Crippen molar-refractivity contribution in [3.05, 3.63) is 22.2 Å². The first kappa shape index (κ1) is 12.7. The van der Waals surface area contributed by atoms with E-state index < -0.39 is 4.92 Å². The Morgan fingerprint density at radius 1 is 1.65 bits per heavy atom. The highest BCUT2D eigenvalue weighted by Crippen LogP contribution is 2.27. The molecule has 0 aliphatic heterocycles. The summed E-state index contributed by atoms with van der Waals surface area (Å²) in [6, 6.07) is 4.74. The molecule has 0 bridgehead atoms. The smallest absolute Gasteiger partial charge is 0.311 e. The Hall–Kier alpha value is -2.36. The molecule has 7 heteroatoms. The first-order valence-electron chi connectivity index (χ1n) is 4.87. The quantitative estimate of drug-likeness (QED) is 0.566. The maximum atomic E-state index is 10.8. The fourth-order valence-electron chi connectivity index (χ4n) is 1.28. The van der Waals surface area contributed by atoms with E-state index >= 15 is 0 Å². The lowest BCUT2D eigenvalue weighted by atomic mass is 10.3. The lowest BCUT2D eigenvalue weighted by Crippen LogP contribution is -2.20. The molecule has 1 rings (SSSR count). The molecule has 0 fully saturated rings. The second kappa shape index (κ2) is 5.65. The average molecular weight is 236 g/mol. The highest BCUT2D eigenvalue weighted by molar-refractivity contribution is 5.58. The number of nitro groups is 1. The average Bonchev–Trinajstić information content (AvgIpc) is 2.34. The second-order valence-corrected chi connectivity index (χ2v) is 3.28. The molecule has 0 unspecified atom stereocenters. The summed E-state index contributed by atoms with van der Waals surface area (Å²) in [5, 5.41) is 19.3. The minimum absolute atomic E-state index is 0.105. The number of ether oxygens (including phenoxy) is 1. The third kappa shape index (κ3) is 3.04. The van der Waals surface area contributed by atoms with Gasteiger partial charge < -0.3 is 9.64 Å². The lowest BCUT2D eigenvalue weighted by Gasteiger charge is -2.16. The highest BCUT2D eigenvalue weighted by Gasteiger charge is 2.19. The molecule has 90 valence electrons. The number of aromatic nitrogens is 1. The Bertz CT molecular complexity index is 455. The lowest BCUT2D eigenvalue weighted by molar-refractivity contribution is -0.384. The van der Waals surface area contributed by atoms with Crippen LogP contribution in [0.4, 0.5) is 11.5 Å². The molecule has 1 heterocycles. The van der Waals surface area contributed by atoms with Crippen molar-refractivity contribution in [2.45, 2.75) is 6.42 Å². The van der Waals surface area contributed by atoms with Gasteiger partial charge in [-0.25, -0.2) is 0 Å². The summed E-state index contributed by atoms with van der Waals surface area (Å²) >= 11 is 0. The molecule has 0 aromatic carbocycles. The van der Waals surface area contributed by atoms with Gasteiger partial charge in [-0.3, -0.25) is 10.1 Å². The third-order valence-electron chi connectivity index (χ3n) is 2.16. The van der Waals surface area contributed by atoms with E-state index in [4.69, 9.17) is 10.00 Å². The Labute approximate surface area is 98.4 Å². The Morgan fingerprint density at radius 2 is 2.35 bits per heavy atom. The van der Waals surface area contributed by atoms with Crippen LogP contribution in [-0.2, 0) is 0 Å². The van der Waals surface area contributed by atoms with Crippen LogP contribution in [0.1, 0.15) is 6.42 Å². The fourth-order valence-corrected chi connectivity index (χ4v) is 1.28. The summed E-state index contributed by atoms with van der Waals surface area (Å²) in [5.74, 6) is 0.499. The molecule has 0 aliphatic rings. The van der Waals surface area contributed by atoms with E-state index in [-0.39, 0.29) is 17.9 Å². The van der Waals surface area contributed by atoms with Crippen LogP contribution < -0.4 is 9.64 Å². The summed E-state index contributed by atoms with van der Waals surface area (Å²) in [6.45, 7) is 0.373. The molecule has 7 nitrogen and oxygen atoms in total. The minimum Gasteiger partial charge on any atom is -0.481 e. The summed E-state index contributed by atoms with van der Waals surface area (Å²) in [5.41, 5.74) is -0.105. The summed E-state index contributed by atoms with van der Waals surface area (Å²) in [6.07, 6.45) is 0.270. The zero-order valence-electron chi connectivity index (χ0n) is 9.58. The number of methoxy groups -OCH3 is 1.